The normalized spacial score (nSPS) is 30.1. The van der Waals surface area contributed by atoms with Crippen LogP contribution in [-0.4, -0.2) is 42.8 Å². The Hall–Kier alpha value is -1.26. The van der Waals surface area contributed by atoms with Crippen LogP contribution >= 0.6 is 0 Å². The van der Waals surface area contributed by atoms with Crippen molar-refractivity contribution in [3.63, 3.8) is 0 Å². The van der Waals surface area contributed by atoms with Gasteiger partial charge in [-0.3, -0.25) is 4.79 Å². The predicted octanol–water partition coefficient (Wildman–Crippen LogP) is 2.20. The van der Waals surface area contributed by atoms with Crippen LogP contribution in [0.1, 0.15) is 40.0 Å². The zero-order chi connectivity index (χ0) is 14.3. The maximum absolute atomic E-state index is 12.1. The number of hydrogen-bond donors (Lipinski definition) is 0. The molecule has 1 aliphatic heterocycles. The van der Waals surface area contributed by atoms with Crippen molar-refractivity contribution in [2.75, 3.05) is 20.2 Å². The average molecular weight is 269 g/mol. The molecule has 0 N–H and O–H groups in total. The van der Waals surface area contributed by atoms with E-state index in [1.165, 1.54) is 7.11 Å². The van der Waals surface area contributed by atoms with Gasteiger partial charge < -0.3 is 14.4 Å². The van der Waals surface area contributed by atoms with E-state index in [1.807, 2.05) is 20.8 Å². The second-order valence-corrected chi connectivity index (χ2v) is 6.60. The lowest BCUT2D eigenvalue weighted by Crippen LogP contribution is -2.40. The number of nitrogens with zero attached hydrogens (tertiary/aromatic N) is 1. The van der Waals surface area contributed by atoms with E-state index >= 15 is 0 Å². The molecule has 0 spiro atoms. The lowest BCUT2D eigenvalue weighted by atomic mass is 9.81. The second-order valence-electron chi connectivity index (χ2n) is 6.60. The Morgan fingerprint density at radius 1 is 1.32 bits per heavy atom. The Labute approximate surface area is 114 Å². The number of carbonyl (C=O) groups excluding carboxylic acids is 2. The third-order valence-corrected chi connectivity index (χ3v) is 4.11. The summed E-state index contributed by atoms with van der Waals surface area (Å²) in [4.78, 5) is 25.8. The zero-order valence-electron chi connectivity index (χ0n) is 12.2. The van der Waals surface area contributed by atoms with E-state index in [4.69, 9.17) is 9.47 Å². The summed E-state index contributed by atoms with van der Waals surface area (Å²) in [5, 5.41) is 0. The summed E-state index contributed by atoms with van der Waals surface area (Å²) in [6.45, 7) is 6.57. The number of carbonyl (C=O) groups is 2. The van der Waals surface area contributed by atoms with Crippen molar-refractivity contribution >= 4 is 12.1 Å². The molecular formula is C14H23NO4. The molecule has 1 amide bonds. The molecule has 19 heavy (non-hydrogen) atoms. The molecule has 0 aromatic carbocycles. The van der Waals surface area contributed by atoms with Gasteiger partial charge in [-0.15, -0.1) is 0 Å². The summed E-state index contributed by atoms with van der Waals surface area (Å²) in [6, 6.07) is 0. The van der Waals surface area contributed by atoms with Gasteiger partial charge in [0.2, 0.25) is 0 Å². The minimum absolute atomic E-state index is 0.180. The van der Waals surface area contributed by atoms with E-state index in [2.05, 4.69) is 0 Å². The topological polar surface area (TPSA) is 55.8 Å². The van der Waals surface area contributed by atoms with E-state index in [0.717, 1.165) is 19.3 Å². The smallest absolute Gasteiger partial charge is 0.410 e. The molecule has 2 aliphatic rings. The van der Waals surface area contributed by atoms with Crippen molar-refractivity contribution in [1.82, 2.24) is 4.90 Å². The first-order chi connectivity index (χ1) is 8.78. The molecule has 1 heterocycles. The van der Waals surface area contributed by atoms with Crippen molar-refractivity contribution in [2.24, 2.45) is 11.3 Å². The molecule has 2 unspecified atom stereocenters. The summed E-state index contributed by atoms with van der Waals surface area (Å²) in [5.41, 5.74) is -1.00. The summed E-state index contributed by atoms with van der Waals surface area (Å²) >= 11 is 0. The van der Waals surface area contributed by atoms with Crippen molar-refractivity contribution in [1.29, 1.82) is 0 Å². The third kappa shape index (κ3) is 2.55. The molecule has 0 aromatic rings. The number of rotatable bonds is 1. The maximum Gasteiger partial charge on any atom is 0.410 e. The first-order valence-corrected chi connectivity index (χ1v) is 6.85. The molecule has 2 rings (SSSR count). The molecule has 1 saturated heterocycles. The minimum Gasteiger partial charge on any atom is -0.469 e. The number of esters is 1. The number of hydrogen-bond acceptors (Lipinski definition) is 4. The Morgan fingerprint density at radius 2 is 2.00 bits per heavy atom. The second kappa shape index (κ2) is 4.69. The molecule has 5 nitrogen and oxygen atoms in total. The van der Waals surface area contributed by atoms with Crippen molar-refractivity contribution in [2.45, 2.75) is 45.6 Å². The van der Waals surface area contributed by atoms with Crippen LogP contribution in [0.3, 0.4) is 0 Å². The lowest BCUT2D eigenvalue weighted by Gasteiger charge is -2.27. The summed E-state index contributed by atoms with van der Waals surface area (Å²) in [7, 11) is 1.42. The fraction of sp³-hybridized carbons (Fsp3) is 0.857. The quantitative estimate of drug-likeness (QED) is 0.685. The largest absolute Gasteiger partial charge is 0.469 e. The predicted molar refractivity (Wildman–Crippen MR) is 69.6 cm³/mol. The highest BCUT2D eigenvalue weighted by Crippen LogP contribution is 2.49. The van der Waals surface area contributed by atoms with Gasteiger partial charge in [0.05, 0.1) is 12.5 Å². The molecule has 1 aliphatic carbocycles. The Bertz CT molecular complexity index is 387. The van der Waals surface area contributed by atoms with Crippen LogP contribution in [-0.2, 0) is 14.3 Å². The summed E-state index contributed by atoms with van der Waals surface area (Å²) < 4.78 is 10.3. The number of likely N-dealkylation sites (tertiary alicyclic amines) is 1. The van der Waals surface area contributed by atoms with Gasteiger partial charge >= 0.3 is 12.1 Å². The standard InChI is InChI=1S/C14H23NO4/c1-13(2,3)19-12(17)15-8-10-6-5-7-14(10,9-15)11(16)18-4/h10H,5-9H2,1-4H3. The Kier molecular flexibility index (Phi) is 3.49. The number of methoxy groups -OCH3 is 1. The van der Waals surface area contributed by atoms with Gasteiger partial charge in [-0.2, -0.15) is 0 Å². The maximum atomic E-state index is 12.1. The molecule has 0 bridgehead atoms. The number of amides is 1. The van der Waals surface area contributed by atoms with Crippen LogP contribution in [0.4, 0.5) is 4.79 Å². The van der Waals surface area contributed by atoms with Crippen molar-refractivity contribution in [3.05, 3.63) is 0 Å². The van der Waals surface area contributed by atoms with Gasteiger partial charge in [-0.25, -0.2) is 4.79 Å². The van der Waals surface area contributed by atoms with E-state index in [0.29, 0.717) is 13.1 Å². The van der Waals surface area contributed by atoms with Gasteiger partial charge in [0, 0.05) is 13.1 Å². The highest BCUT2D eigenvalue weighted by atomic mass is 16.6. The zero-order valence-corrected chi connectivity index (χ0v) is 12.2. The van der Waals surface area contributed by atoms with Crippen LogP contribution in [0.25, 0.3) is 0 Å². The van der Waals surface area contributed by atoms with Crippen LogP contribution in [0.2, 0.25) is 0 Å². The molecular weight excluding hydrogens is 246 g/mol. The van der Waals surface area contributed by atoms with Crippen LogP contribution < -0.4 is 0 Å². The number of fused-ring (bicyclic) bond motifs is 1. The highest BCUT2D eigenvalue weighted by Gasteiger charge is 2.56. The van der Waals surface area contributed by atoms with Crippen LogP contribution in [0.5, 0.6) is 0 Å². The Morgan fingerprint density at radius 3 is 2.58 bits per heavy atom. The molecule has 2 atom stereocenters. The van der Waals surface area contributed by atoms with Crippen molar-refractivity contribution in [3.8, 4) is 0 Å². The van der Waals surface area contributed by atoms with E-state index in [9.17, 15) is 9.59 Å². The van der Waals surface area contributed by atoms with Gasteiger partial charge in [0.15, 0.2) is 0 Å². The molecule has 0 aromatic heterocycles. The first-order valence-electron chi connectivity index (χ1n) is 6.85. The molecule has 2 fully saturated rings. The third-order valence-electron chi connectivity index (χ3n) is 4.11. The van der Waals surface area contributed by atoms with Gasteiger partial charge in [-0.1, -0.05) is 6.42 Å². The van der Waals surface area contributed by atoms with Crippen LogP contribution in [0.15, 0.2) is 0 Å². The van der Waals surface area contributed by atoms with E-state index in [-0.39, 0.29) is 18.0 Å². The average Bonchev–Trinajstić information content (AvgIpc) is 2.82. The monoisotopic (exact) mass is 269 g/mol. The molecule has 0 radical (unpaired) electrons. The van der Waals surface area contributed by atoms with E-state index in [1.54, 1.807) is 4.90 Å². The fourth-order valence-corrected chi connectivity index (χ4v) is 3.29. The highest BCUT2D eigenvalue weighted by molar-refractivity contribution is 5.80. The van der Waals surface area contributed by atoms with Gasteiger partial charge in [0.25, 0.3) is 0 Å². The molecule has 5 heteroatoms. The molecule has 1 saturated carbocycles. The summed E-state index contributed by atoms with van der Waals surface area (Å²) in [5.74, 6) is 0.0357. The first kappa shape index (κ1) is 14.2. The van der Waals surface area contributed by atoms with E-state index < -0.39 is 11.0 Å². The lowest BCUT2D eigenvalue weighted by molar-refractivity contribution is -0.153. The number of ether oxygens (including phenoxy) is 2. The van der Waals surface area contributed by atoms with Crippen molar-refractivity contribution < 1.29 is 19.1 Å². The summed E-state index contributed by atoms with van der Waals surface area (Å²) in [6.07, 6.45) is 2.49. The van der Waals surface area contributed by atoms with Crippen LogP contribution in [0, 0.1) is 11.3 Å². The SMILES string of the molecule is COC(=O)C12CCCC1CN(C(=O)OC(C)(C)C)C2. The molecule has 108 valence electrons. The van der Waals surface area contributed by atoms with Gasteiger partial charge in [-0.05, 0) is 39.5 Å². The minimum atomic E-state index is -0.507. The van der Waals surface area contributed by atoms with Gasteiger partial charge in [0.1, 0.15) is 5.60 Å². The Balaban J connectivity index is 2.09. The fourth-order valence-electron chi connectivity index (χ4n) is 3.29.